The first-order valence-corrected chi connectivity index (χ1v) is 11.7. The summed E-state index contributed by atoms with van der Waals surface area (Å²) in [4.78, 5) is 29.4. The van der Waals surface area contributed by atoms with Crippen LogP contribution in [-0.2, 0) is 7.05 Å². The molecule has 0 saturated heterocycles. The monoisotopic (exact) mass is 502 g/mol. The Bertz CT molecular complexity index is 1740. The van der Waals surface area contributed by atoms with Gasteiger partial charge in [-0.1, -0.05) is 29.8 Å². The van der Waals surface area contributed by atoms with Crippen molar-refractivity contribution in [2.24, 2.45) is 12.8 Å². The average Bonchev–Trinajstić information content (AvgIpc) is 3.18. The van der Waals surface area contributed by atoms with E-state index in [0.29, 0.717) is 33.6 Å². The summed E-state index contributed by atoms with van der Waals surface area (Å²) >= 11 is 5.93. The Balaban J connectivity index is 1.71. The van der Waals surface area contributed by atoms with Crippen LogP contribution < -0.4 is 15.9 Å². The van der Waals surface area contributed by atoms with Crippen molar-refractivity contribution < 1.29 is 13.9 Å². The predicted octanol–water partition coefficient (Wildman–Crippen LogP) is 5.25. The van der Waals surface area contributed by atoms with Crippen LogP contribution in [0.2, 0.25) is 5.15 Å². The van der Waals surface area contributed by atoms with E-state index in [1.54, 1.807) is 24.6 Å². The molecule has 182 valence electrons. The fourth-order valence-electron chi connectivity index (χ4n) is 4.43. The van der Waals surface area contributed by atoms with E-state index in [4.69, 9.17) is 26.5 Å². The lowest BCUT2D eigenvalue weighted by Crippen LogP contribution is -2.17. The molecule has 0 aliphatic carbocycles. The molecule has 0 fully saturated rings. The van der Waals surface area contributed by atoms with Gasteiger partial charge in [0.2, 0.25) is 0 Å². The minimum Gasteiger partial charge on any atom is -0.483 e. The van der Waals surface area contributed by atoms with Crippen LogP contribution in [0, 0.1) is 13.8 Å². The topological polar surface area (TPSA) is 113 Å². The van der Waals surface area contributed by atoms with Gasteiger partial charge in [-0.2, -0.15) is 5.10 Å². The Morgan fingerprint density at radius 1 is 1.14 bits per heavy atom. The molecule has 2 aromatic carbocycles. The van der Waals surface area contributed by atoms with Crippen LogP contribution in [0.5, 0.6) is 5.75 Å². The summed E-state index contributed by atoms with van der Waals surface area (Å²) in [5.41, 5.74) is 9.10. The van der Waals surface area contributed by atoms with Gasteiger partial charge in [0.15, 0.2) is 22.6 Å². The van der Waals surface area contributed by atoms with Crippen molar-refractivity contribution in [3.8, 4) is 17.2 Å². The van der Waals surface area contributed by atoms with Crippen molar-refractivity contribution in [2.45, 2.75) is 26.9 Å². The standard InChI is InChI=1S/C27H23ClN4O4/c1-13-11-17(15(3)35-20-9-10-21(28)30-23(20)27(29)34)26-18(12-13)24(33)14(2)25(36-26)22-16-7-5-6-8-19(16)32(4)31-22/h5-12,15H,1-4H3,(H2,29,34). The Morgan fingerprint density at radius 3 is 2.64 bits per heavy atom. The summed E-state index contributed by atoms with van der Waals surface area (Å²) in [7, 11) is 1.85. The number of primary amides is 1. The number of nitrogens with zero attached hydrogens (tertiary/aromatic N) is 3. The summed E-state index contributed by atoms with van der Waals surface area (Å²) in [6.07, 6.45) is -0.618. The third-order valence-corrected chi connectivity index (χ3v) is 6.37. The number of benzene rings is 2. The molecule has 1 atom stereocenters. The van der Waals surface area contributed by atoms with Gasteiger partial charge >= 0.3 is 0 Å². The molecule has 5 aromatic rings. The smallest absolute Gasteiger partial charge is 0.271 e. The zero-order valence-electron chi connectivity index (χ0n) is 20.1. The molecule has 5 rings (SSSR count). The molecule has 1 amide bonds. The van der Waals surface area contributed by atoms with E-state index in [0.717, 1.165) is 16.5 Å². The molecular formula is C27H23ClN4O4. The molecule has 0 spiro atoms. The zero-order chi connectivity index (χ0) is 25.7. The minimum absolute atomic E-state index is 0.0794. The molecule has 3 aromatic heterocycles. The number of hydrogen-bond acceptors (Lipinski definition) is 6. The molecule has 0 bridgehead atoms. The van der Waals surface area contributed by atoms with E-state index in [2.05, 4.69) is 10.1 Å². The average molecular weight is 503 g/mol. The van der Waals surface area contributed by atoms with Gasteiger partial charge in [-0.25, -0.2) is 4.98 Å². The van der Waals surface area contributed by atoms with Gasteiger partial charge in [-0.05, 0) is 56.7 Å². The number of nitrogens with two attached hydrogens (primary N) is 1. The number of para-hydroxylation sites is 1. The Labute approximate surface area is 211 Å². The highest BCUT2D eigenvalue weighted by atomic mass is 35.5. The fourth-order valence-corrected chi connectivity index (χ4v) is 4.57. The number of aryl methyl sites for hydroxylation is 2. The van der Waals surface area contributed by atoms with Gasteiger partial charge in [0.1, 0.15) is 22.5 Å². The molecule has 2 N–H and O–H groups in total. The second kappa shape index (κ2) is 8.80. The maximum atomic E-state index is 13.5. The van der Waals surface area contributed by atoms with Crippen molar-refractivity contribution in [3.05, 3.63) is 86.3 Å². The van der Waals surface area contributed by atoms with Gasteiger partial charge < -0.3 is 14.9 Å². The maximum absolute atomic E-state index is 13.5. The number of amides is 1. The number of hydrogen-bond donors (Lipinski definition) is 1. The second-order valence-corrected chi connectivity index (χ2v) is 9.10. The van der Waals surface area contributed by atoms with E-state index in [9.17, 15) is 9.59 Å². The van der Waals surface area contributed by atoms with Crippen LogP contribution in [0.4, 0.5) is 0 Å². The number of fused-ring (bicyclic) bond motifs is 2. The lowest BCUT2D eigenvalue weighted by Gasteiger charge is -2.19. The van der Waals surface area contributed by atoms with E-state index in [-0.39, 0.29) is 22.0 Å². The molecule has 36 heavy (non-hydrogen) atoms. The number of ether oxygens (including phenoxy) is 1. The molecular weight excluding hydrogens is 480 g/mol. The highest BCUT2D eigenvalue weighted by Crippen LogP contribution is 2.35. The van der Waals surface area contributed by atoms with Crippen LogP contribution in [0.3, 0.4) is 0 Å². The van der Waals surface area contributed by atoms with Crippen molar-refractivity contribution >= 4 is 39.4 Å². The Hall–Kier alpha value is -4.17. The minimum atomic E-state index is -0.764. The number of carbonyl (C=O) groups is 1. The molecule has 8 nitrogen and oxygen atoms in total. The Kier molecular flexibility index (Phi) is 5.76. The third-order valence-electron chi connectivity index (χ3n) is 6.16. The van der Waals surface area contributed by atoms with Gasteiger partial charge in [0.05, 0.1) is 10.9 Å². The van der Waals surface area contributed by atoms with E-state index in [1.807, 2.05) is 44.3 Å². The second-order valence-electron chi connectivity index (χ2n) is 8.71. The summed E-state index contributed by atoms with van der Waals surface area (Å²) in [6.45, 7) is 5.43. The number of halogens is 1. The van der Waals surface area contributed by atoms with Gasteiger partial charge in [-0.3, -0.25) is 14.3 Å². The van der Waals surface area contributed by atoms with Crippen molar-refractivity contribution in [3.63, 3.8) is 0 Å². The molecule has 9 heteroatoms. The summed E-state index contributed by atoms with van der Waals surface area (Å²) in [5, 5.41) is 6.09. The first-order valence-electron chi connectivity index (χ1n) is 11.3. The van der Waals surface area contributed by atoms with Crippen molar-refractivity contribution in [2.75, 3.05) is 0 Å². The van der Waals surface area contributed by atoms with Gasteiger partial charge in [0, 0.05) is 23.6 Å². The number of rotatable bonds is 5. The number of carbonyl (C=O) groups excluding carboxylic acids is 1. The highest BCUT2D eigenvalue weighted by Gasteiger charge is 2.23. The van der Waals surface area contributed by atoms with Crippen LogP contribution >= 0.6 is 11.6 Å². The first kappa shape index (κ1) is 23.6. The fraction of sp³-hybridized carbons (Fsp3) is 0.185. The molecule has 0 aliphatic rings. The SMILES string of the molecule is Cc1cc(C(C)Oc2ccc(Cl)nc2C(N)=O)c2oc(-c3nn(C)c4ccccc34)c(C)c(=O)c2c1. The molecule has 0 aliphatic heterocycles. The molecule has 1 unspecified atom stereocenters. The summed E-state index contributed by atoms with van der Waals surface area (Å²) < 4.78 is 14.3. The van der Waals surface area contributed by atoms with E-state index in [1.165, 1.54) is 12.1 Å². The highest BCUT2D eigenvalue weighted by molar-refractivity contribution is 6.29. The quantitative estimate of drug-likeness (QED) is 0.328. The predicted molar refractivity (Wildman–Crippen MR) is 138 cm³/mol. The van der Waals surface area contributed by atoms with Crippen LogP contribution in [0.25, 0.3) is 33.3 Å². The van der Waals surface area contributed by atoms with Crippen LogP contribution in [0.1, 0.15) is 40.2 Å². The molecule has 0 saturated carbocycles. The van der Waals surface area contributed by atoms with E-state index >= 15 is 0 Å². The Morgan fingerprint density at radius 2 is 1.89 bits per heavy atom. The summed E-state index contributed by atoms with van der Waals surface area (Å²) in [6, 6.07) is 14.5. The largest absolute Gasteiger partial charge is 0.483 e. The first-order chi connectivity index (χ1) is 17.2. The number of aromatic nitrogens is 3. The lowest BCUT2D eigenvalue weighted by atomic mass is 10.0. The molecule has 0 radical (unpaired) electrons. The van der Waals surface area contributed by atoms with Gasteiger partial charge in [-0.15, -0.1) is 0 Å². The van der Waals surface area contributed by atoms with Crippen molar-refractivity contribution in [1.82, 2.24) is 14.8 Å². The molecule has 3 heterocycles. The van der Waals surface area contributed by atoms with Crippen LogP contribution in [-0.4, -0.2) is 20.7 Å². The number of pyridine rings is 1. The normalized spacial score (nSPS) is 12.2. The summed E-state index contributed by atoms with van der Waals surface area (Å²) in [5.74, 6) is -0.188. The van der Waals surface area contributed by atoms with E-state index < -0.39 is 12.0 Å². The van der Waals surface area contributed by atoms with Crippen LogP contribution in [0.15, 0.2) is 57.7 Å². The maximum Gasteiger partial charge on any atom is 0.271 e. The lowest BCUT2D eigenvalue weighted by molar-refractivity contribution is 0.0988. The third kappa shape index (κ3) is 3.89. The zero-order valence-corrected chi connectivity index (χ0v) is 20.9. The van der Waals surface area contributed by atoms with Gasteiger partial charge in [0.25, 0.3) is 5.91 Å². The van der Waals surface area contributed by atoms with Crippen molar-refractivity contribution in [1.29, 1.82) is 0 Å².